The second-order valence-corrected chi connectivity index (χ2v) is 3.96. The minimum absolute atomic E-state index is 0.0159. The average molecular weight is 237 g/mol. The van der Waals surface area contributed by atoms with Gasteiger partial charge in [0.2, 0.25) is 5.91 Å². The zero-order chi connectivity index (χ0) is 13.0. The lowest BCUT2D eigenvalue weighted by Crippen LogP contribution is -2.34. The molecule has 1 rings (SSSR count). The van der Waals surface area contributed by atoms with Crippen LogP contribution in [-0.2, 0) is 4.79 Å². The molecule has 0 aliphatic heterocycles. The highest BCUT2D eigenvalue weighted by Crippen LogP contribution is 2.18. The lowest BCUT2D eigenvalue weighted by molar-refractivity contribution is -0.384. The number of likely N-dealkylation sites (N-methyl/N-ethyl adjacent to an activating group) is 2. The maximum Gasteiger partial charge on any atom is 0.269 e. The zero-order valence-corrected chi connectivity index (χ0v) is 10.1. The molecule has 1 aromatic carbocycles. The molecule has 0 saturated heterocycles. The quantitative estimate of drug-likeness (QED) is 0.581. The van der Waals surface area contributed by atoms with Gasteiger partial charge in [-0.3, -0.25) is 14.9 Å². The Morgan fingerprint density at radius 2 is 1.76 bits per heavy atom. The highest BCUT2D eigenvalue weighted by atomic mass is 16.6. The molecule has 17 heavy (non-hydrogen) atoms. The molecule has 92 valence electrons. The summed E-state index contributed by atoms with van der Waals surface area (Å²) in [4.78, 5) is 25.0. The van der Waals surface area contributed by atoms with E-state index in [9.17, 15) is 14.9 Å². The summed E-state index contributed by atoms with van der Waals surface area (Å²) in [5.74, 6) is -0.0659. The molecule has 0 fully saturated rings. The van der Waals surface area contributed by atoms with Gasteiger partial charge >= 0.3 is 0 Å². The maximum atomic E-state index is 11.7. The number of nitro benzene ring substituents is 1. The van der Waals surface area contributed by atoms with Crippen molar-refractivity contribution in [2.45, 2.75) is 0 Å². The topological polar surface area (TPSA) is 66.7 Å². The summed E-state index contributed by atoms with van der Waals surface area (Å²) in [7, 11) is 5.26. The van der Waals surface area contributed by atoms with E-state index in [0.29, 0.717) is 12.2 Å². The first-order valence-corrected chi connectivity index (χ1v) is 5.07. The molecular weight excluding hydrogens is 222 g/mol. The Morgan fingerprint density at radius 1 is 1.24 bits per heavy atom. The average Bonchev–Trinajstić information content (AvgIpc) is 2.27. The standard InChI is InChI=1S/C11H15N3O3/c1-12(2)8-11(15)13(3)9-4-6-10(7-5-9)14(16)17/h4-7H,8H2,1-3H3. The van der Waals surface area contributed by atoms with Gasteiger partial charge in [-0.2, -0.15) is 0 Å². The van der Waals surface area contributed by atoms with Crippen LogP contribution in [0.2, 0.25) is 0 Å². The fourth-order valence-corrected chi connectivity index (χ4v) is 1.32. The molecule has 0 saturated carbocycles. The van der Waals surface area contributed by atoms with Gasteiger partial charge in [0.1, 0.15) is 0 Å². The van der Waals surface area contributed by atoms with Crippen LogP contribution in [0.3, 0.4) is 0 Å². The predicted octanol–water partition coefficient (Wildman–Crippen LogP) is 1.12. The molecule has 0 unspecified atom stereocenters. The van der Waals surface area contributed by atoms with E-state index >= 15 is 0 Å². The van der Waals surface area contributed by atoms with Crippen molar-refractivity contribution in [1.82, 2.24) is 4.90 Å². The van der Waals surface area contributed by atoms with Crippen LogP contribution in [0.15, 0.2) is 24.3 Å². The van der Waals surface area contributed by atoms with Crippen LogP contribution in [0.25, 0.3) is 0 Å². The van der Waals surface area contributed by atoms with E-state index in [1.54, 1.807) is 24.1 Å². The van der Waals surface area contributed by atoms with Crippen LogP contribution < -0.4 is 4.90 Å². The third-order valence-electron chi connectivity index (χ3n) is 2.27. The smallest absolute Gasteiger partial charge is 0.269 e. The fourth-order valence-electron chi connectivity index (χ4n) is 1.32. The van der Waals surface area contributed by atoms with Crippen molar-refractivity contribution in [3.05, 3.63) is 34.4 Å². The Bertz CT molecular complexity index is 414. The Labute approximate surface area is 99.6 Å². The number of benzene rings is 1. The number of non-ortho nitro benzene ring substituents is 1. The van der Waals surface area contributed by atoms with Gasteiger partial charge in [-0.05, 0) is 26.2 Å². The van der Waals surface area contributed by atoms with E-state index in [1.165, 1.54) is 17.0 Å². The monoisotopic (exact) mass is 237 g/mol. The van der Waals surface area contributed by atoms with E-state index in [-0.39, 0.29) is 11.6 Å². The Balaban J connectivity index is 2.79. The van der Waals surface area contributed by atoms with Crippen molar-refractivity contribution in [2.75, 3.05) is 32.6 Å². The highest BCUT2D eigenvalue weighted by molar-refractivity contribution is 5.94. The Hall–Kier alpha value is -1.95. The Morgan fingerprint density at radius 3 is 2.18 bits per heavy atom. The number of nitrogens with zero attached hydrogens (tertiary/aromatic N) is 3. The van der Waals surface area contributed by atoms with Crippen LogP contribution >= 0.6 is 0 Å². The van der Waals surface area contributed by atoms with Gasteiger partial charge in [-0.1, -0.05) is 0 Å². The first-order chi connectivity index (χ1) is 7.91. The van der Waals surface area contributed by atoms with Crippen LogP contribution in [0, 0.1) is 10.1 Å². The number of nitro groups is 1. The van der Waals surface area contributed by atoms with E-state index in [2.05, 4.69) is 0 Å². The SMILES string of the molecule is CN(C)CC(=O)N(C)c1ccc([N+](=O)[O-])cc1. The van der Waals surface area contributed by atoms with Gasteiger partial charge < -0.3 is 9.80 Å². The molecule has 0 spiro atoms. The molecule has 6 heteroatoms. The molecule has 0 atom stereocenters. The molecule has 0 aromatic heterocycles. The molecule has 1 amide bonds. The lowest BCUT2D eigenvalue weighted by atomic mass is 10.2. The van der Waals surface area contributed by atoms with Gasteiger partial charge in [0.05, 0.1) is 11.5 Å². The maximum absolute atomic E-state index is 11.7. The summed E-state index contributed by atoms with van der Waals surface area (Å²) >= 11 is 0. The summed E-state index contributed by atoms with van der Waals surface area (Å²) in [5, 5.41) is 10.5. The van der Waals surface area contributed by atoms with Crippen molar-refractivity contribution < 1.29 is 9.72 Å². The Kier molecular flexibility index (Phi) is 4.17. The summed E-state index contributed by atoms with van der Waals surface area (Å²) < 4.78 is 0. The molecule has 0 bridgehead atoms. The van der Waals surface area contributed by atoms with E-state index < -0.39 is 4.92 Å². The second-order valence-electron chi connectivity index (χ2n) is 3.96. The molecule has 0 radical (unpaired) electrons. The van der Waals surface area contributed by atoms with Gasteiger partial charge in [0.25, 0.3) is 5.69 Å². The first kappa shape index (κ1) is 13.1. The second kappa shape index (κ2) is 5.40. The van der Waals surface area contributed by atoms with Gasteiger partial charge in [-0.25, -0.2) is 0 Å². The molecule has 0 N–H and O–H groups in total. The zero-order valence-electron chi connectivity index (χ0n) is 10.1. The van der Waals surface area contributed by atoms with E-state index in [1.807, 2.05) is 14.1 Å². The van der Waals surface area contributed by atoms with Crippen molar-refractivity contribution in [3.8, 4) is 0 Å². The van der Waals surface area contributed by atoms with Gasteiger partial charge in [0, 0.05) is 24.9 Å². The highest BCUT2D eigenvalue weighted by Gasteiger charge is 2.13. The third kappa shape index (κ3) is 3.53. The van der Waals surface area contributed by atoms with E-state index in [0.717, 1.165) is 0 Å². The summed E-state index contributed by atoms with van der Waals surface area (Å²) in [6.45, 7) is 0.299. The van der Waals surface area contributed by atoms with Crippen molar-refractivity contribution in [2.24, 2.45) is 0 Å². The number of hydrogen-bond donors (Lipinski definition) is 0. The first-order valence-electron chi connectivity index (χ1n) is 5.07. The predicted molar refractivity (Wildman–Crippen MR) is 65.1 cm³/mol. The molecule has 1 aromatic rings. The number of hydrogen-bond acceptors (Lipinski definition) is 4. The number of rotatable bonds is 4. The molecule has 6 nitrogen and oxygen atoms in total. The number of carbonyl (C=O) groups is 1. The fraction of sp³-hybridized carbons (Fsp3) is 0.364. The molecule has 0 aliphatic rings. The van der Waals surface area contributed by atoms with Crippen LogP contribution in [0.5, 0.6) is 0 Å². The summed E-state index contributed by atoms with van der Waals surface area (Å²) in [5.41, 5.74) is 0.657. The van der Waals surface area contributed by atoms with Crippen molar-refractivity contribution in [1.29, 1.82) is 0 Å². The van der Waals surface area contributed by atoms with Crippen molar-refractivity contribution in [3.63, 3.8) is 0 Å². The normalized spacial score (nSPS) is 10.4. The number of anilines is 1. The van der Waals surface area contributed by atoms with Gasteiger partial charge in [0.15, 0.2) is 0 Å². The number of carbonyl (C=O) groups excluding carboxylic acids is 1. The largest absolute Gasteiger partial charge is 0.314 e. The van der Waals surface area contributed by atoms with Gasteiger partial charge in [-0.15, -0.1) is 0 Å². The molecular formula is C11H15N3O3. The summed E-state index contributed by atoms with van der Waals surface area (Å²) in [6, 6.07) is 5.89. The van der Waals surface area contributed by atoms with E-state index in [4.69, 9.17) is 0 Å². The minimum atomic E-state index is -0.467. The molecule has 0 heterocycles. The minimum Gasteiger partial charge on any atom is -0.314 e. The van der Waals surface area contributed by atoms with Crippen molar-refractivity contribution >= 4 is 17.3 Å². The lowest BCUT2D eigenvalue weighted by Gasteiger charge is -2.19. The van der Waals surface area contributed by atoms with Crippen LogP contribution in [-0.4, -0.2) is 43.4 Å². The third-order valence-corrected chi connectivity index (χ3v) is 2.27. The molecule has 0 aliphatic carbocycles. The van der Waals surface area contributed by atoms with Crippen LogP contribution in [0.1, 0.15) is 0 Å². The van der Waals surface area contributed by atoms with Crippen LogP contribution in [0.4, 0.5) is 11.4 Å². The summed E-state index contributed by atoms with van der Waals surface area (Å²) in [6.07, 6.45) is 0. The number of amides is 1.